The molecule has 0 saturated carbocycles. The average Bonchev–Trinajstić information content (AvgIpc) is 2.59. The van der Waals surface area contributed by atoms with Crippen LogP contribution < -0.4 is 5.32 Å². The highest BCUT2D eigenvalue weighted by molar-refractivity contribution is 6.33. The Bertz CT molecular complexity index is 806. The van der Waals surface area contributed by atoms with E-state index >= 15 is 0 Å². The van der Waals surface area contributed by atoms with E-state index in [9.17, 15) is 14.0 Å². The summed E-state index contributed by atoms with van der Waals surface area (Å²) in [6.45, 7) is 5.74. The van der Waals surface area contributed by atoms with Crippen LogP contribution in [-0.4, -0.2) is 18.5 Å². The van der Waals surface area contributed by atoms with Crippen LogP contribution >= 0.6 is 11.6 Å². The average molecular weight is 392 g/mol. The number of carbonyl (C=O) groups excluding carboxylic acids is 2. The van der Waals surface area contributed by atoms with Crippen molar-refractivity contribution in [1.82, 2.24) is 5.32 Å². The zero-order valence-electron chi connectivity index (χ0n) is 15.6. The molecule has 27 heavy (non-hydrogen) atoms. The van der Waals surface area contributed by atoms with Gasteiger partial charge in [-0.25, -0.2) is 9.18 Å². The van der Waals surface area contributed by atoms with E-state index in [1.165, 1.54) is 11.6 Å². The zero-order valence-corrected chi connectivity index (χ0v) is 16.3. The van der Waals surface area contributed by atoms with E-state index < -0.39 is 24.3 Å². The summed E-state index contributed by atoms with van der Waals surface area (Å²) in [6, 6.07) is 11.2. The highest BCUT2D eigenvalue weighted by atomic mass is 35.5. The van der Waals surface area contributed by atoms with Gasteiger partial charge in [-0.2, -0.15) is 0 Å². The Kier molecular flexibility index (Phi) is 7.36. The van der Waals surface area contributed by atoms with E-state index in [0.717, 1.165) is 24.1 Å². The van der Waals surface area contributed by atoms with E-state index in [0.29, 0.717) is 5.92 Å². The van der Waals surface area contributed by atoms with Crippen molar-refractivity contribution in [3.8, 4) is 0 Å². The molecule has 6 heteroatoms. The van der Waals surface area contributed by atoms with E-state index in [4.69, 9.17) is 16.3 Å². The second kappa shape index (κ2) is 9.51. The molecule has 0 bridgehead atoms. The molecule has 0 aliphatic carbocycles. The van der Waals surface area contributed by atoms with Crippen LogP contribution in [0, 0.1) is 11.7 Å². The van der Waals surface area contributed by atoms with Gasteiger partial charge in [0.1, 0.15) is 5.82 Å². The summed E-state index contributed by atoms with van der Waals surface area (Å²) in [5, 5.41) is 2.72. The van der Waals surface area contributed by atoms with Crippen molar-refractivity contribution in [3.63, 3.8) is 0 Å². The number of benzene rings is 2. The topological polar surface area (TPSA) is 55.4 Å². The second-order valence-corrected chi connectivity index (χ2v) is 7.24. The standard InChI is InChI=1S/C21H23ClFNO3/c1-13(2)10-15-4-6-16(7-5-15)14(3)24-20(25)12-27-21(26)18-9-8-17(23)11-19(18)22/h4-9,11,13-14H,10,12H2,1-3H3,(H,24,25)/t14-/m1/s1. The van der Waals surface area contributed by atoms with E-state index in [2.05, 4.69) is 31.3 Å². The number of carbonyl (C=O) groups is 2. The van der Waals surface area contributed by atoms with Gasteiger partial charge < -0.3 is 10.1 Å². The summed E-state index contributed by atoms with van der Waals surface area (Å²) in [6.07, 6.45) is 1.00. The number of hydrogen-bond donors (Lipinski definition) is 1. The summed E-state index contributed by atoms with van der Waals surface area (Å²) in [7, 11) is 0. The largest absolute Gasteiger partial charge is 0.452 e. The fourth-order valence-electron chi connectivity index (χ4n) is 2.64. The first kappa shape index (κ1) is 20.9. The highest BCUT2D eigenvalue weighted by Gasteiger charge is 2.16. The van der Waals surface area contributed by atoms with Crippen LogP contribution in [0.5, 0.6) is 0 Å². The molecule has 0 unspecified atom stereocenters. The number of ether oxygens (including phenoxy) is 1. The molecule has 4 nitrogen and oxygen atoms in total. The van der Waals surface area contributed by atoms with Crippen LogP contribution in [0.15, 0.2) is 42.5 Å². The summed E-state index contributed by atoms with van der Waals surface area (Å²) in [5.41, 5.74) is 2.22. The van der Waals surface area contributed by atoms with E-state index in [1.54, 1.807) is 0 Å². The molecule has 0 aromatic heterocycles. The van der Waals surface area contributed by atoms with Crippen LogP contribution in [0.4, 0.5) is 4.39 Å². The number of hydrogen-bond acceptors (Lipinski definition) is 3. The maximum absolute atomic E-state index is 13.0. The Morgan fingerprint density at radius 3 is 2.37 bits per heavy atom. The first-order valence-corrected chi connectivity index (χ1v) is 9.14. The Labute approximate surface area is 163 Å². The molecular formula is C21H23ClFNO3. The molecule has 144 valence electrons. The Morgan fingerprint density at radius 1 is 1.11 bits per heavy atom. The molecule has 0 spiro atoms. The molecule has 0 heterocycles. The van der Waals surface area contributed by atoms with Crippen molar-refractivity contribution in [1.29, 1.82) is 0 Å². The molecule has 0 aliphatic heterocycles. The smallest absolute Gasteiger partial charge is 0.340 e. The Morgan fingerprint density at radius 2 is 1.78 bits per heavy atom. The highest BCUT2D eigenvalue weighted by Crippen LogP contribution is 2.18. The lowest BCUT2D eigenvalue weighted by Crippen LogP contribution is -2.31. The number of nitrogens with one attached hydrogen (secondary N) is 1. The second-order valence-electron chi connectivity index (χ2n) is 6.83. The summed E-state index contributed by atoms with van der Waals surface area (Å²) in [5.74, 6) is -1.18. The van der Waals surface area contributed by atoms with Gasteiger partial charge >= 0.3 is 5.97 Å². The first-order chi connectivity index (χ1) is 12.8. The molecule has 1 N–H and O–H groups in total. The number of halogens is 2. The lowest BCUT2D eigenvalue weighted by atomic mass is 10.00. The van der Waals surface area contributed by atoms with Crippen LogP contribution in [0.25, 0.3) is 0 Å². The fourth-order valence-corrected chi connectivity index (χ4v) is 2.89. The quantitative estimate of drug-likeness (QED) is 0.695. The van der Waals surface area contributed by atoms with Crippen molar-refractivity contribution < 1.29 is 18.7 Å². The third-order valence-electron chi connectivity index (χ3n) is 3.99. The summed E-state index contributed by atoms with van der Waals surface area (Å²) < 4.78 is 18.0. The monoisotopic (exact) mass is 391 g/mol. The van der Waals surface area contributed by atoms with Gasteiger partial charge in [-0.3, -0.25) is 4.79 Å². The first-order valence-electron chi connectivity index (χ1n) is 8.76. The van der Waals surface area contributed by atoms with Crippen molar-refractivity contribution >= 4 is 23.5 Å². The molecule has 1 amide bonds. The van der Waals surface area contributed by atoms with E-state index in [-0.39, 0.29) is 16.6 Å². The van der Waals surface area contributed by atoms with Gasteiger partial charge in [0.15, 0.2) is 6.61 Å². The maximum Gasteiger partial charge on any atom is 0.340 e. The van der Waals surface area contributed by atoms with Gasteiger partial charge in [-0.1, -0.05) is 49.7 Å². The molecule has 2 aromatic carbocycles. The van der Waals surface area contributed by atoms with Gasteiger partial charge in [0, 0.05) is 0 Å². The number of rotatable bonds is 7. The predicted octanol–water partition coefficient (Wildman–Crippen LogP) is 4.71. The lowest BCUT2D eigenvalue weighted by molar-refractivity contribution is -0.124. The molecular weight excluding hydrogens is 369 g/mol. The minimum absolute atomic E-state index is 0.0136. The normalized spacial score (nSPS) is 11.9. The molecule has 0 saturated heterocycles. The Balaban J connectivity index is 1.86. The van der Waals surface area contributed by atoms with Gasteiger partial charge in [0.25, 0.3) is 5.91 Å². The van der Waals surface area contributed by atoms with Gasteiger partial charge in [0.05, 0.1) is 16.6 Å². The lowest BCUT2D eigenvalue weighted by Gasteiger charge is -2.15. The molecule has 0 aliphatic rings. The van der Waals surface area contributed by atoms with Gasteiger partial charge in [0.2, 0.25) is 0 Å². The molecule has 0 fully saturated rings. The Hall–Kier alpha value is -2.40. The summed E-state index contributed by atoms with van der Waals surface area (Å²) >= 11 is 5.81. The minimum Gasteiger partial charge on any atom is -0.452 e. The SMILES string of the molecule is CC(C)Cc1ccc([C@@H](C)NC(=O)COC(=O)c2ccc(F)cc2Cl)cc1. The zero-order chi connectivity index (χ0) is 20.0. The van der Waals surface area contributed by atoms with Crippen LogP contribution in [0.2, 0.25) is 5.02 Å². The van der Waals surface area contributed by atoms with Gasteiger partial charge in [-0.05, 0) is 48.6 Å². The molecule has 1 atom stereocenters. The molecule has 2 rings (SSSR count). The number of amides is 1. The third kappa shape index (κ3) is 6.36. The minimum atomic E-state index is -0.777. The third-order valence-corrected chi connectivity index (χ3v) is 4.30. The van der Waals surface area contributed by atoms with Crippen LogP contribution in [0.1, 0.15) is 48.3 Å². The van der Waals surface area contributed by atoms with E-state index in [1.807, 2.05) is 19.1 Å². The summed E-state index contributed by atoms with van der Waals surface area (Å²) in [4.78, 5) is 24.0. The maximum atomic E-state index is 13.0. The molecule has 2 aromatic rings. The molecule has 0 radical (unpaired) electrons. The van der Waals surface area contributed by atoms with Gasteiger partial charge in [-0.15, -0.1) is 0 Å². The van der Waals surface area contributed by atoms with Crippen molar-refractivity contribution in [2.45, 2.75) is 33.2 Å². The van der Waals surface area contributed by atoms with Crippen LogP contribution in [-0.2, 0) is 16.0 Å². The fraction of sp³-hybridized carbons (Fsp3) is 0.333. The van der Waals surface area contributed by atoms with Crippen LogP contribution in [0.3, 0.4) is 0 Å². The van der Waals surface area contributed by atoms with Crippen molar-refractivity contribution in [2.75, 3.05) is 6.61 Å². The van der Waals surface area contributed by atoms with Crippen molar-refractivity contribution in [3.05, 3.63) is 70.0 Å². The number of esters is 1. The van der Waals surface area contributed by atoms with Crippen molar-refractivity contribution in [2.24, 2.45) is 5.92 Å². The predicted molar refractivity (Wildman–Crippen MR) is 103 cm³/mol.